The van der Waals surface area contributed by atoms with Crippen LogP contribution in [0.25, 0.3) is 0 Å². The minimum atomic E-state index is -1.02. The summed E-state index contributed by atoms with van der Waals surface area (Å²) in [5, 5.41) is 19.5. The molecule has 0 unspecified atom stereocenters. The molecule has 0 bridgehead atoms. The largest absolute Gasteiger partial charge is 0.481 e. The Morgan fingerprint density at radius 1 is 1.55 bits per heavy atom. The van der Waals surface area contributed by atoms with E-state index in [2.05, 4.69) is 0 Å². The van der Waals surface area contributed by atoms with Crippen molar-refractivity contribution in [3.8, 4) is 0 Å². The Labute approximate surface area is 119 Å². The third-order valence-corrected chi connectivity index (χ3v) is 3.00. The Bertz CT molecular complexity index is 536. The van der Waals surface area contributed by atoms with Crippen LogP contribution < -0.4 is 4.90 Å². The van der Waals surface area contributed by atoms with Crippen molar-refractivity contribution < 1.29 is 19.2 Å². The van der Waals surface area contributed by atoms with E-state index in [1.807, 2.05) is 0 Å². The Morgan fingerprint density at radius 3 is 2.60 bits per heavy atom. The van der Waals surface area contributed by atoms with Gasteiger partial charge in [0.05, 0.1) is 22.4 Å². The number of anilines is 1. The van der Waals surface area contributed by atoms with Gasteiger partial charge in [-0.2, -0.15) is 0 Å². The highest BCUT2D eigenvalue weighted by Gasteiger charge is 2.24. The number of carboxylic acid groups (broad SMARTS) is 1. The van der Waals surface area contributed by atoms with Gasteiger partial charge < -0.3 is 10.0 Å². The number of nitro benzene ring substituents is 1. The second-order valence-corrected chi connectivity index (χ2v) is 4.85. The Morgan fingerprint density at radius 2 is 2.15 bits per heavy atom. The molecular formula is C12H14ClFN2O4. The summed E-state index contributed by atoms with van der Waals surface area (Å²) in [4.78, 5) is 22.4. The number of halogens is 2. The molecule has 1 rings (SSSR count). The predicted molar refractivity (Wildman–Crippen MR) is 72.8 cm³/mol. The average molecular weight is 305 g/mol. The van der Waals surface area contributed by atoms with E-state index in [0.29, 0.717) is 0 Å². The van der Waals surface area contributed by atoms with Gasteiger partial charge in [-0.05, 0) is 19.9 Å². The fourth-order valence-corrected chi connectivity index (χ4v) is 1.93. The lowest BCUT2D eigenvalue weighted by atomic mass is 10.2. The van der Waals surface area contributed by atoms with Crippen LogP contribution >= 0.6 is 11.6 Å². The highest BCUT2D eigenvalue weighted by atomic mass is 35.5. The molecule has 0 spiro atoms. The molecule has 8 heteroatoms. The van der Waals surface area contributed by atoms with Crippen molar-refractivity contribution in [2.24, 2.45) is 0 Å². The summed E-state index contributed by atoms with van der Waals surface area (Å²) < 4.78 is 13.3. The number of carbonyl (C=O) groups is 1. The smallest absolute Gasteiger partial charge is 0.305 e. The van der Waals surface area contributed by atoms with E-state index in [-0.39, 0.29) is 29.7 Å². The molecular weight excluding hydrogens is 291 g/mol. The molecule has 0 fully saturated rings. The van der Waals surface area contributed by atoms with Gasteiger partial charge in [0.15, 0.2) is 0 Å². The second kappa shape index (κ2) is 6.51. The number of rotatable bonds is 6. The lowest BCUT2D eigenvalue weighted by Gasteiger charge is -2.28. The van der Waals surface area contributed by atoms with Crippen LogP contribution in [0.5, 0.6) is 0 Å². The molecule has 20 heavy (non-hydrogen) atoms. The van der Waals surface area contributed by atoms with Gasteiger partial charge in [0.2, 0.25) is 0 Å². The van der Waals surface area contributed by atoms with E-state index in [0.717, 1.165) is 12.1 Å². The number of aliphatic carboxylic acids is 1. The summed E-state index contributed by atoms with van der Waals surface area (Å²) in [7, 11) is 0. The molecule has 0 saturated heterocycles. The zero-order valence-corrected chi connectivity index (χ0v) is 11.7. The number of hydrogen-bond acceptors (Lipinski definition) is 4. The Balaban J connectivity index is 3.27. The summed E-state index contributed by atoms with van der Waals surface area (Å²) >= 11 is 5.66. The van der Waals surface area contributed by atoms with Gasteiger partial charge in [0.1, 0.15) is 11.5 Å². The minimum absolute atomic E-state index is 0.0653. The van der Waals surface area contributed by atoms with E-state index in [1.165, 1.54) is 4.90 Å². The van der Waals surface area contributed by atoms with Crippen LogP contribution in [0.15, 0.2) is 12.1 Å². The fourth-order valence-electron chi connectivity index (χ4n) is 1.78. The third-order valence-electron chi connectivity index (χ3n) is 2.71. The van der Waals surface area contributed by atoms with Gasteiger partial charge in [-0.1, -0.05) is 11.6 Å². The topological polar surface area (TPSA) is 83.7 Å². The number of nitro groups is 1. The zero-order chi connectivity index (χ0) is 15.4. The second-order valence-electron chi connectivity index (χ2n) is 4.44. The van der Waals surface area contributed by atoms with Crippen LogP contribution in [0.4, 0.5) is 15.8 Å². The van der Waals surface area contributed by atoms with Crippen molar-refractivity contribution in [3.05, 3.63) is 33.1 Å². The summed E-state index contributed by atoms with van der Waals surface area (Å²) in [5.74, 6) is -1.91. The van der Waals surface area contributed by atoms with Gasteiger partial charge in [-0.15, -0.1) is 0 Å². The zero-order valence-electron chi connectivity index (χ0n) is 11.0. The molecule has 0 heterocycles. The first-order chi connectivity index (χ1) is 9.23. The molecule has 110 valence electrons. The molecule has 0 aliphatic rings. The molecule has 0 saturated carbocycles. The summed E-state index contributed by atoms with van der Waals surface area (Å²) in [6.07, 6.45) is -0.190. The lowest BCUT2D eigenvalue weighted by Crippen LogP contribution is -2.33. The quantitative estimate of drug-likeness (QED) is 0.645. The maximum atomic E-state index is 13.3. The predicted octanol–water partition coefficient (Wildman–Crippen LogP) is 3.08. The highest BCUT2D eigenvalue weighted by molar-refractivity contribution is 6.31. The van der Waals surface area contributed by atoms with Gasteiger partial charge in [-0.25, -0.2) is 4.39 Å². The highest BCUT2D eigenvalue weighted by Crippen LogP contribution is 2.34. The van der Waals surface area contributed by atoms with Crippen molar-refractivity contribution in [2.45, 2.75) is 26.3 Å². The van der Waals surface area contributed by atoms with Crippen LogP contribution in [-0.4, -0.2) is 28.6 Å². The molecule has 1 N–H and O–H groups in total. The first-order valence-electron chi connectivity index (χ1n) is 5.86. The molecule has 0 atom stereocenters. The maximum Gasteiger partial charge on any atom is 0.305 e. The summed E-state index contributed by atoms with van der Waals surface area (Å²) in [6, 6.07) is 1.69. The van der Waals surface area contributed by atoms with Crippen molar-refractivity contribution >= 4 is 28.9 Å². The normalized spacial score (nSPS) is 10.7. The molecule has 0 radical (unpaired) electrons. The van der Waals surface area contributed by atoms with Gasteiger partial charge in [-0.3, -0.25) is 14.9 Å². The number of hydrogen-bond donors (Lipinski definition) is 1. The molecule has 6 nitrogen and oxygen atoms in total. The van der Waals surface area contributed by atoms with Gasteiger partial charge in [0.25, 0.3) is 5.69 Å². The molecule has 1 aromatic rings. The summed E-state index contributed by atoms with van der Waals surface area (Å²) in [6.45, 7) is 3.57. The number of benzene rings is 1. The van der Waals surface area contributed by atoms with E-state index in [9.17, 15) is 19.3 Å². The SMILES string of the molecule is CC(C)N(CCC(=O)O)c1cc(Cl)c(F)cc1[N+](=O)[O-]. The van der Waals surface area contributed by atoms with Crippen LogP contribution in [0.3, 0.4) is 0 Å². The van der Waals surface area contributed by atoms with Crippen molar-refractivity contribution in [1.82, 2.24) is 0 Å². The average Bonchev–Trinajstić information content (AvgIpc) is 2.32. The Hall–Kier alpha value is -1.89. The van der Waals surface area contributed by atoms with Gasteiger partial charge in [0, 0.05) is 12.6 Å². The van der Waals surface area contributed by atoms with E-state index in [1.54, 1.807) is 13.8 Å². The Kier molecular flexibility index (Phi) is 5.26. The van der Waals surface area contributed by atoms with Crippen LogP contribution in [0, 0.1) is 15.9 Å². The third kappa shape index (κ3) is 3.80. The first kappa shape index (κ1) is 16.2. The van der Waals surface area contributed by atoms with Crippen molar-refractivity contribution in [3.63, 3.8) is 0 Å². The monoisotopic (exact) mass is 304 g/mol. The van der Waals surface area contributed by atoms with E-state index >= 15 is 0 Å². The molecule has 0 aromatic heterocycles. The maximum absolute atomic E-state index is 13.3. The summed E-state index contributed by atoms with van der Waals surface area (Å²) in [5.41, 5.74) is -0.330. The lowest BCUT2D eigenvalue weighted by molar-refractivity contribution is -0.384. The van der Waals surface area contributed by atoms with Crippen molar-refractivity contribution in [2.75, 3.05) is 11.4 Å². The molecule has 0 amide bonds. The van der Waals surface area contributed by atoms with Crippen molar-refractivity contribution in [1.29, 1.82) is 0 Å². The standard InChI is InChI=1S/C12H14ClFN2O4/c1-7(2)15(4-3-12(17)18)10-5-8(13)9(14)6-11(10)16(19)20/h5-7H,3-4H2,1-2H3,(H,17,18). The van der Waals surface area contributed by atoms with Crippen LogP contribution in [0.1, 0.15) is 20.3 Å². The molecule has 0 aliphatic carbocycles. The minimum Gasteiger partial charge on any atom is -0.481 e. The van der Waals surface area contributed by atoms with Crippen LogP contribution in [-0.2, 0) is 4.79 Å². The molecule has 1 aromatic carbocycles. The number of carboxylic acids is 1. The first-order valence-corrected chi connectivity index (χ1v) is 6.23. The molecule has 0 aliphatic heterocycles. The van der Waals surface area contributed by atoms with Gasteiger partial charge >= 0.3 is 5.97 Å². The van der Waals surface area contributed by atoms with Crippen LogP contribution in [0.2, 0.25) is 5.02 Å². The fraction of sp³-hybridized carbons (Fsp3) is 0.417. The van der Waals surface area contributed by atoms with E-state index < -0.39 is 22.4 Å². The number of nitrogens with zero attached hydrogens (tertiary/aromatic N) is 2. The van der Waals surface area contributed by atoms with E-state index in [4.69, 9.17) is 16.7 Å².